The molecular formula is C31H40O6. The predicted molar refractivity (Wildman–Crippen MR) is 148 cm³/mol. The van der Waals surface area contributed by atoms with E-state index in [1.165, 1.54) is 25.7 Å². The molecule has 0 saturated heterocycles. The van der Waals surface area contributed by atoms with Crippen molar-refractivity contribution in [3.05, 3.63) is 48.0 Å². The van der Waals surface area contributed by atoms with E-state index in [1.54, 1.807) is 0 Å². The zero-order valence-electron chi connectivity index (χ0n) is 22.5. The molecule has 0 saturated carbocycles. The minimum Gasteiger partial charge on any atom is -0.434 e. The Morgan fingerprint density at radius 3 is 1.57 bits per heavy atom. The zero-order valence-corrected chi connectivity index (χ0v) is 22.5. The van der Waals surface area contributed by atoms with Crippen LogP contribution in [0.5, 0.6) is 11.5 Å². The van der Waals surface area contributed by atoms with Crippen molar-refractivity contribution in [3.63, 3.8) is 0 Å². The number of fused-ring (bicyclic) bond motifs is 2. The van der Waals surface area contributed by atoms with Crippen molar-refractivity contribution < 1.29 is 28.5 Å². The van der Waals surface area contributed by atoms with Gasteiger partial charge in [-0.05, 0) is 25.8 Å². The Morgan fingerprint density at radius 1 is 0.595 bits per heavy atom. The molecule has 3 aromatic rings. The first kappa shape index (κ1) is 28.3. The molecule has 37 heavy (non-hydrogen) atoms. The minimum atomic E-state index is -0.737. The van der Waals surface area contributed by atoms with Crippen molar-refractivity contribution in [2.45, 2.75) is 85.0 Å². The van der Waals surface area contributed by atoms with E-state index >= 15 is 0 Å². The Hall–Kier alpha value is -3.28. The van der Waals surface area contributed by atoms with Crippen LogP contribution >= 0.6 is 0 Å². The lowest BCUT2D eigenvalue weighted by molar-refractivity contribution is 0.0965. The fraction of sp³-hybridized carbons (Fsp3) is 0.484. The molecule has 0 atom stereocenters. The van der Waals surface area contributed by atoms with Gasteiger partial charge in [-0.25, -0.2) is 9.59 Å². The standard InChI is InChI=1S/C31H40O6/c1-4-6-8-10-14-20-34-30(32)36-28-24-16-12-13-17-25(24)29(27-22-23(3)18-19-26(27)28)37-31(33)35-21-15-11-9-7-5-2/h12-13,16-19,22H,4-11,14-15,20-21H2,1-3H3. The number of carbonyl (C=O) groups excluding carboxylic acids is 2. The maximum absolute atomic E-state index is 12.6. The summed E-state index contributed by atoms with van der Waals surface area (Å²) in [5.41, 5.74) is 0.984. The van der Waals surface area contributed by atoms with E-state index in [0.717, 1.165) is 44.1 Å². The van der Waals surface area contributed by atoms with Crippen molar-refractivity contribution in [2.24, 2.45) is 0 Å². The number of carbonyl (C=O) groups is 2. The summed E-state index contributed by atoms with van der Waals surface area (Å²) in [7, 11) is 0. The van der Waals surface area contributed by atoms with Gasteiger partial charge < -0.3 is 18.9 Å². The summed E-state index contributed by atoms with van der Waals surface area (Å²) in [6.07, 6.45) is 9.15. The van der Waals surface area contributed by atoms with E-state index in [-0.39, 0.29) is 0 Å². The molecule has 0 aliphatic heterocycles. The summed E-state index contributed by atoms with van der Waals surface area (Å²) < 4.78 is 22.2. The van der Waals surface area contributed by atoms with Gasteiger partial charge in [0.2, 0.25) is 0 Å². The molecule has 0 aromatic heterocycles. The van der Waals surface area contributed by atoms with Crippen molar-refractivity contribution in [2.75, 3.05) is 13.2 Å². The van der Waals surface area contributed by atoms with Crippen LogP contribution < -0.4 is 9.47 Å². The number of unbranched alkanes of at least 4 members (excludes halogenated alkanes) is 8. The highest BCUT2D eigenvalue weighted by Gasteiger charge is 2.21. The van der Waals surface area contributed by atoms with Crippen LogP contribution in [-0.4, -0.2) is 25.5 Å². The fourth-order valence-corrected chi connectivity index (χ4v) is 4.38. The third kappa shape index (κ3) is 8.38. The Labute approximate surface area is 220 Å². The topological polar surface area (TPSA) is 71.1 Å². The highest BCUT2D eigenvalue weighted by molar-refractivity contribution is 6.12. The van der Waals surface area contributed by atoms with E-state index in [9.17, 15) is 9.59 Å². The molecule has 6 heteroatoms. The van der Waals surface area contributed by atoms with Crippen molar-refractivity contribution in [3.8, 4) is 11.5 Å². The van der Waals surface area contributed by atoms with Gasteiger partial charge >= 0.3 is 12.3 Å². The third-order valence-electron chi connectivity index (χ3n) is 6.39. The van der Waals surface area contributed by atoms with Crippen molar-refractivity contribution >= 4 is 33.9 Å². The lowest BCUT2D eigenvalue weighted by Gasteiger charge is -2.16. The summed E-state index contributed by atoms with van der Waals surface area (Å²) in [5.74, 6) is 0.778. The number of rotatable bonds is 14. The first-order valence-electron chi connectivity index (χ1n) is 13.7. The van der Waals surface area contributed by atoms with E-state index in [2.05, 4.69) is 13.8 Å². The molecule has 0 spiro atoms. The van der Waals surface area contributed by atoms with Crippen LogP contribution in [0, 0.1) is 6.92 Å². The largest absolute Gasteiger partial charge is 0.513 e. The number of hydrogen-bond donors (Lipinski definition) is 0. The Balaban J connectivity index is 1.80. The van der Waals surface area contributed by atoms with Gasteiger partial charge in [-0.3, -0.25) is 0 Å². The van der Waals surface area contributed by atoms with E-state index in [1.807, 2.05) is 49.4 Å². The Morgan fingerprint density at radius 2 is 1.05 bits per heavy atom. The highest BCUT2D eigenvalue weighted by Crippen LogP contribution is 2.43. The molecule has 0 aliphatic carbocycles. The summed E-state index contributed by atoms with van der Waals surface area (Å²) in [4.78, 5) is 25.2. The summed E-state index contributed by atoms with van der Waals surface area (Å²) in [6.45, 7) is 6.93. The lowest BCUT2D eigenvalue weighted by Crippen LogP contribution is -2.14. The SMILES string of the molecule is CCCCCCCOC(=O)Oc1c2ccccc2c(OC(=O)OCCCCCCC)c2cc(C)ccc12. The normalized spacial score (nSPS) is 11.0. The first-order chi connectivity index (χ1) is 18.0. The van der Waals surface area contributed by atoms with Crippen molar-refractivity contribution in [1.29, 1.82) is 0 Å². The third-order valence-corrected chi connectivity index (χ3v) is 6.39. The van der Waals surface area contributed by atoms with Gasteiger partial charge in [-0.2, -0.15) is 0 Å². The van der Waals surface area contributed by atoms with Crippen LogP contribution in [0.25, 0.3) is 21.5 Å². The number of aryl methyl sites for hydroxylation is 1. The molecule has 0 bridgehead atoms. The van der Waals surface area contributed by atoms with Gasteiger partial charge in [0.25, 0.3) is 0 Å². The predicted octanol–water partition coefficient (Wildman–Crippen LogP) is 9.27. The molecule has 0 amide bonds. The smallest absolute Gasteiger partial charge is 0.434 e. The van der Waals surface area contributed by atoms with Crippen LogP contribution in [0.2, 0.25) is 0 Å². The number of hydrogen-bond acceptors (Lipinski definition) is 6. The zero-order chi connectivity index (χ0) is 26.5. The molecule has 0 heterocycles. The maximum atomic E-state index is 12.6. The van der Waals surface area contributed by atoms with E-state index < -0.39 is 12.3 Å². The minimum absolute atomic E-state index is 0.322. The fourth-order valence-electron chi connectivity index (χ4n) is 4.38. The molecule has 0 aliphatic rings. The second-order valence-corrected chi connectivity index (χ2v) is 9.48. The molecule has 3 aromatic carbocycles. The van der Waals surface area contributed by atoms with Gasteiger partial charge in [0, 0.05) is 21.5 Å². The molecular weight excluding hydrogens is 468 g/mol. The number of benzene rings is 3. The first-order valence-corrected chi connectivity index (χ1v) is 13.7. The van der Waals surface area contributed by atoms with E-state index in [0.29, 0.717) is 46.3 Å². The average molecular weight is 509 g/mol. The van der Waals surface area contributed by atoms with Crippen LogP contribution in [-0.2, 0) is 9.47 Å². The molecule has 3 rings (SSSR count). The monoisotopic (exact) mass is 508 g/mol. The van der Waals surface area contributed by atoms with Gasteiger partial charge in [0.1, 0.15) is 11.5 Å². The van der Waals surface area contributed by atoms with Crippen LogP contribution in [0.1, 0.15) is 83.6 Å². The second-order valence-electron chi connectivity index (χ2n) is 9.48. The van der Waals surface area contributed by atoms with Gasteiger partial charge in [-0.15, -0.1) is 0 Å². The Kier molecular flexibility index (Phi) is 11.5. The maximum Gasteiger partial charge on any atom is 0.513 e. The van der Waals surface area contributed by atoms with E-state index in [4.69, 9.17) is 18.9 Å². The molecule has 0 unspecified atom stereocenters. The molecule has 0 N–H and O–H groups in total. The van der Waals surface area contributed by atoms with Gasteiger partial charge in [0.15, 0.2) is 0 Å². The Bertz CT molecular complexity index is 1170. The lowest BCUT2D eigenvalue weighted by atomic mass is 9.99. The highest BCUT2D eigenvalue weighted by atomic mass is 16.7. The summed E-state index contributed by atoms with van der Waals surface area (Å²) >= 11 is 0. The van der Waals surface area contributed by atoms with Crippen LogP contribution in [0.3, 0.4) is 0 Å². The van der Waals surface area contributed by atoms with Gasteiger partial charge in [0.05, 0.1) is 13.2 Å². The van der Waals surface area contributed by atoms with Gasteiger partial charge in [-0.1, -0.05) is 107 Å². The van der Waals surface area contributed by atoms with Crippen LogP contribution in [0.15, 0.2) is 42.5 Å². The molecule has 0 fully saturated rings. The molecule has 0 radical (unpaired) electrons. The molecule has 200 valence electrons. The number of ether oxygens (including phenoxy) is 4. The molecule has 6 nitrogen and oxygen atoms in total. The average Bonchev–Trinajstić information content (AvgIpc) is 2.90. The van der Waals surface area contributed by atoms with Crippen molar-refractivity contribution in [1.82, 2.24) is 0 Å². The summed E-state index contributed by atoms with van der Waals surface area (Å²) in [6, 6.07) is 13.1. The quantitative estimate of drug-likeness (QED) is 0.0935. The summed E-state index contributed by atoms with van der Waals surface area (Å²) in [5, 5.41) is 2.64. The second kappa shape index (κ2) is 15.1. The van der Waals surface area contributed by atoms with Crippen LogP contribution in [0.4, 0.5) is 9.59 Å².